The number of fused-ring (bicyclic) bond motifs is 2. The number of nitrogens with one attached hydrogen (secondary N) is 1. The minimum Gasteiger partial charge on any atom is -0.478 e. The van der Waals surface area contributed by atoms with Crippen molar-refractivity contribution in [3.05, 3.63) is 69.6 Å². The van der Waals surface area contributed by atoms with Crippen molar-refractivity contribution in [2.45, 2.75) is 32.9 Å². The van der Waals surface area contributed by atoms with Gasteiger partial charge in [0, 0.05) is 41.5 Å². The van der Waals surface area contributed by atoms with E-state index >= 15 is 0 Å². The summed E-state index contributed by atoms with van der Waals surface area (Å²) in [6.07, 6.45) is 3.43. The number of aryl methyl sites for hydroxylation is 3. The zero-order valence-corrected chi connectivity index (χ0v) is 16.7. The van der Waals surface area contributed by atoms with Gasteiger partial charge in [0.25, 0.3) is 5.56 Å². The Labute approximate surface area is 172 Å². The van der Waals surface area contributed by atoms with E-state index in [0.29, 0.717) is 25.2 Å². The molecule has 7 heteroatoms. The van der Waals surface area contributed by atoms with Crippen molar-refractivity contribution in [1.82, 2.24) is 14.3 Å². The standard InChI is InChI=1S/C23H22N4O3/c1-14-11-15(7-8-24-19-6-3-2-5-16(19)23(29)30)20-17(12-14)22(28)26-9-4-10-27-21(26)18(20)13-25-27/h2-3,5-6,11-13,24H,4,7-10H2,1H3,(H,29,30). The smallest absolute Gasteiger partial charge is 0.337 e. The van der Waals surface area contributed by atoms with Crippen LogP contribution in [0.15, 0.2) is 47.4 Å². The first-order valence-corrected chi connectivity index (χ1v) is 10.1. The highest BCUT2D eigenvalue weighted by Gasteiger charge is 2.20. The molecule has 3 heterocycles. The molecule has 0 radical (unpaired) electrons. The predicted molar refractivity (Wildman–Crippen MR) is 116 cm³/mol. The SMILES string of the molecule is Cc1cc(CCNc2ccccc2C(=O)O)c2c(c1)c(=O)n1c3c2cnn3CCC1. The third kappa shape index (κ3) is 2.85. The fraction of sp³-hybridized carbons (Fsp3) is 0.261. The molecule has 2 N–H and O–H groups in total. The number of nitrogens with zero attached hydrogens (tertiary/aromatic N) is 3. The monoisotopic (exact) mass is 402 g/mol. The van der Waals surface area contributed by atoms with Gasteiger partial charge in [-0.2, -0.15) is 5.10 Å². The van der Waals surface area contributed by atoms with Gasteiger partial charge >= 0.3 is 5.97 Å². The fourth-order valence-electron chi connectivity index (χ4n) is 4.53. The number of benzene rings is 2. The van der Waals surface area contributed by atoms with Crippen LogP contribution in [0, 0.1) is 6.92 Å². The van der Waals surface area contributed by atoms with Gasteiger partial charge in [-0.1, -0.05) is 23.8 Å². The fourth-order valence-corrected chi connectivity index (χ4v) is 4.53. The summed E-state index contributed by atoms with van der Waals surface area (Å²) in [7, 11) is 0. The van der Waals surface area contributed by atoms with Crippen molar-refractivity contribution in [1.29, 1.82) is 0 Å². The molecule has 2 aromatic heterocycles. The van der Waals surface area contributed by atoms with Crippen LogP contribution in [-0.2, 0) is 19.5 Å². The van der Waals surface area contributed by atoms with E-state index in [1.165, 1.54) is 0 Å². The number of para-hydroxylation sites is 1. The molecule has 5 rings (SSSR count). The second-order valence-electron chi connectivity index (χ2n) is 7.79. The number of rotatable bonds is 5. The number of aromatic carboxylic acids is 1. The van der Waals surface area contributed by atoms with Crippen LogP contribution in [0.4, 0.5) is 5.69 Å². The molecular formula is C23H22N4O3. The first kappa shape index (κ1) is 18.4. The molecule has 7 nitrogen and oxygen atoms in total. The van der Waals surface area contributed by atoms with Crippen molar-refractivity contribution < 1.29 is 9.90 Å². The minimum atomic E-state index is -0.955. The Morgan fingerprint density at radius 1 is 1.20 bits per heavy atom. The summed E-state index contributed by atoms with van der Waals surface area (Å²) in [4.78, 5) is 24.7. The molecule has 1 aliphatic rings. The van der Waals surface area contributed by atoms with E-state index in [1.807, 2.05) is 34.5 Å². The number of hydrogen-bond acceptors (Lipinski definition) is 4. The van der Waals surface area contributed by atoms with Gasteiger partial charge in [-0.3, -0.25) is 9.36 Å². The Morgan fingerprint density at radius 2 is 2.03 bits per heavy atom. The molecule has 2 aromatic carbocycles. The van der Waals surface area contributed by atoms with E-state index in [0.717, 1.165) is 45.9 Å². The van der Waals surface area contributed by atoms with Gasteiger partial charge in [0.1, 0.15) is 5.65 Å². The van der Waals surface area contributed by atoms with E-state index in [9.17, 15) is 14.7 Å². The molecule has 0 bridgehead atoms. The Balaban J connectivity index is 1.57. The maximum Gasteiger partial charge on any atom is 0.337 e. The summed E-state index contributed by atoms with van der Waals surface area (Å²) in [5, 5.41) is 19.8. The number of pyridine rings is 1. The van der Waals surface area contributed by atoms with Crippen molar-refractivity contribution >= 4 is 33.5 Å². The van der Waals surface area contributed by atoms with E-state index in [1.54, 1.807) is 18.2 Å². The van der Waals surface area contributed by atoms with E-state index in [-0.39, 0.29) is 11.1 Å². The van der Waals surface area contributed by atoms with E-state index in [2.05, 4.69) is 16.5 Å². The summed E-state index contributed by atoms with van der Waals surface area (Å²) < 4.78 is 3.77. The lowest BCUT2D eigenvalue weighted by atomic mass is 9.98. The zero-order chi connectivity index (χ0) is 20.8. The first-order chi connectivity index (χ1) is 14.5. The normalized spacial score (nSPS) is 13.1. The Kier molecular flexibility index (Phi) is 4.31. The van der Waals surface area contributed by atoms with Crippen LogP contribution < -0.4 is 10.9 Å². The number of hydrogen-bond donors (Lipinski definition) is 2. The molecule has 0 saturated heterocycles. The summed E-state index contributed by atoms with van der Waals surface area (Å²) in [6, 6.07) is 11.0. The first-order valence-electron chi connectivity index (χ1n) is 10.1. The summed E-state index contributed by atoms with van der Waals surface area (Å²) >= 11 is 0. The third-order valence-electron chi connectivity index (χ3n) is 5.80. The molecule has 0 fully saturated rings. The largest absolute Gasteiger partial charge is 0.478 e. The van der Waals surface area contributed by atoms with Gasteiger partial charge in [-0.25, -0.2) is 9.48 Å². The zero-order valence-electron chi connectivity index (χ0n) is 16.7. The molecule has 1 aliphatic heterocycles. The average Bonchev–Trinajstić information content (AvgIpc) is 3.16. The van der Waals surface area contributed by atoms with Crippen molar-refractivity contribution in [2.75, 3.05) is 11.9 Å². The molecule has 4 aromatic rings. The lowest BCUT2D eigenvalue weighted by Gasteiger charge is -2.19. The maximum atomic E-state index is 13.2. The van der Waals surface area contributed by atoms with E-state index in [4.69, 9.17) is 0 Å². The predicted octanol–water partition coefficient (Wildman–Crippen LogP) is 3.42. The van der Waals surface area contributed by atoms with Crippen LogP contribution >= 0.6 is 0 Å². The molecule has 0 atom stereocenters. The summed E-state index contributed by atoms with van der Waals surface area (Å²) in [6.45, 7) is 4.10. The van der Waals surface area contributed by atoms with Crippen LogP contribution in [0.1, 0.15) is 27.9 Å². The maximum absolute atomic E-state index is 13.2. The topological polar surface area (TPSA) is 89.2 Å². The highest BCUT2D eigenvalue weighted by atomic mass is 16.4. The van der Waals surface area contributed by atoms with Gasteiger partial charge in [-0.05, 0) is 43.5 Å². The quantitative estimate of drug-likeness (QED) is 0.534. The highest BCUT2D eigenvalue weighted by molar-refractivity contribution is 6.06. The lowest BCUT2D eigenvalue weighted by molar-refractivity contribution is 0.0698. The van der Waals surface area contributed by atoms with Crippen LogP contribution in [-0.4, -0.2) is 32.0 Å². The Morgan fingerprint density at radius 3 is 2.87 bits per heavy atom. The molecule has 152 valence electrons. The second kappa shape index (κ2) is 7.02. The van der Waals surface area contributed by atoms with Crippen molar-refractivity contribution in [3.63, 3.8) is 0 Å². The molecule has 30 heavy (non-hydrogen) atoms. The third-order valence-corrected chi connectivity index (χ3v) is 5.80. The van der Waals surface area contributed by atoms with Gasteiger partial charge in [0.15, 0.2) is 0 Å². The second-order valence-corrected chi connectivity index (χ2v) is 7.79. The van der Waals surface area contributed by atoms with Gasteiger partial charge in [0.05, 0.1) is 11.8 Å². The Hall–Kier alpha value is -3.61. The molecule has 0 amide bonds. The molecule has 0 saturated carbocycles. The van der Waals surface area contributed by atoms with Gasteiger partial charge in [-0.15, -0.1) is 0 Å². The van der Waals surface area contributed by atoms with Gasteiger partial charge < -0.3 is 10.4 Å². The average molecular weight is 402 g/mol. The molecular weight excluding hydrogens is 380 g/mol. The number of aromatic nitrogens is 3. The highest BCUT2D eigenvalue weighted by Crippen LogP contribution is 2.29. The van der Waals surface area contributed by atoms with Crippen LogP contribution in [0.3, 0.4) is 0 Å². The van der Waals surface area contributed by atoms with E-state index < -0.39 is 5.97 Å². The molecule has 0 spiro atoms. The van der Waals surface area contributed by atoms with Crippen LogP contribution in [0.2, 0.25) is 0 Å². The van der Waals surface area contributed by atoms with Crippen LogP contribution in [0.5, 0.6) is 0 Å². The lowest BCUT2D eigenvalue weighted by Crippen LogP contribution is -2.27. The Bertz CT molecular complexity index is 1370. The van der Waals surface area contributed by atoms with Crippen molar-refractivity contribution in [2.24, 2.45) is 0 Å². The summed E-state index contributed by atoms with van der Waals surface area (Å²) in [5.74, 6) is -0.955. The number of carbonyl (C=O) groups is 1. The summed E-state index contributed by atoms with van der Waals surface area (Å²) in [5.41, 5.74) is 3.88. The van der Waals surface area contributed by atoms with Crippen molar-refractivity contribution in [3.8, 4) is 0 Å². The molecule has 0 unspecified atom stereocenters. The molecule has 0 aliphatic carbocycles. The van der Waals surface area contributed by atoms with Gasteiger partial charge in [0.2, 0.25) is 0 Å². The number of carboxylic acid groups (broad SMARTS) is 1. The number of anilines is 1. The minimum absolute atomic E-state index is 0.0353. The number of carboxylic acids is 1. The van der Waals surface area contributed by atoms with Crippen LogP contribution in [0.25, 0.3) is 21.8 Å².